The molecule has 1 aromatic heterocycles. The van der Waals surface area contributed by atoms with Crippen LogP contribution in [0.5, 0.6) is 0 Å². The summed E-state index contributed by atoms with van der Waals surface area (Å²) in [4.78, 5) is 3.41. The summed E-state index contributed by atoms with van der Waals surface area (Å²) >= 11 is 0. The van der Waals surface area contributed by atoms with Gasteiger partial charge in [0.15, 0.2) is 5.82 Å². The highest BCUT2D eigenvalue weighted by Gasteiger charge is 2.30. The average molecular weight is 180 g/mol. The zero-order valence-corrected chi connectivity index (χ0v) is 6.26. The first-order valence-corrected chi connectivity index (χ1v) is 3.10. The van der Waals surface area contributed by atoms with Crippen LogP contribution in [0.4, 0.5) is 19.1 Å². The van der Waals surface area contributed by atoms with Crippen LogP contribution in [0, 0.1) is 0 Å². The van der Waals surface area contributed by atoms with E-state index in [0.717, 1.165) is 4.68 Å². The molecule has 7 heteroatoms. The van der Waals surface area contributed by atoms with E-state index in [-0.39, 0.29) is 11.8 Å². The molecule has 0 saturated carbocycles. The number of nitrogen functional groups attached to an aromatic ring is 1. The number of halogens is 3. The van der Waals surface area contributed by atoms with Crippen molar-refractivity contribution in [2.75, 3.05) is 5.73 Å². The van der Waals surface area contributed by atoms with Crippen molar-refractivity contribution in [2.24, 2.45) is 7.05 Å². The summed E-state index contributed by atoms with van der Waals surface area (Å²) in [5.74, 6) is -0.322. The molecule has 0 bridgehead atoms. The number of aromatic nitrogens is 3. The Morgan fingerprint density at radius 3 is 2.42 bits per heavy atom. The topological polar surface area (TPSA) is 56.7 Å². The van der Waals surface area contributed by atoms with Gasteiger partial charge in [-0.05, 0) is 0 Å². The van der Waals surface area contributed by atoms with Gasteiger partial charge >= 0.3 is 6.18 Å². The van der Waals surface area contributed by atoms with Gasteiger partial charge in [-0.1, -0.05) is 0 Å². The van der Waals surface area contributed by atoms with E-state index in [9.17, 15) is 13.2 Å². The van der Waals surface area contributed by atoms with E-state index in [2.05, 4.69) is 10.1 Å². The molecule has 0 saturated heterocycles. The second-order valence-electron chi connectivity index (χ2n) is 2.30. The number of nitrogens with two attached hydrogens (primary N) is 1. The monoisotopic (exact) mass is 180 g/mol. The van der Waals surface area contributed by atoms with Gasteiger partial charge in [-0.3, -0.25) is 0 Å². The Hall–Kier alpha value is -1.27. The number of aryl methyl sites for hydroxylation is 1. The second-order valence-corrected chi connectivity index (χ2v) is 2.30. The third-order valence-electron chi connectivity index (χ3n) is 1.20. The summed E-state index contributed by atoms with van der Waals surface area (Å²) < 4.78 is 36.4. The van der Waals surface area contributed by atoms with E-state index >= 15 is 0 Å². The lowest BCUT2D eigenvalue weighted by Gasteiger charge is -2.00. The molecule has 0 spiro atoms. The van der Waals surface area contributed by atoms with Crippen molar-refractivity contribution in [1.82, 2.24) is 14.8 Å². The van der Waals surface area contributed by atoms with Crippen molar-refractivity contribution < 1.29 is 13.2 Å². The molecule has 0 atom stereocenters. The molecule has 0 aliphatic rings. The molecular weight excluding hydrogens is 173 g/mol. The molecule has 0 unspecified atom stereocenters. The number of hydrogen-bond donors (Lipinski definition) is 1. The van der Waals surface area contributed by atoms with Crippen molar-refractivity contribution in [3.05, 3.63) is 5.82 Å². The van der Waals surface area contributed by atoms with E-state index in [1.165, 1.54) is 7.05 Å². The lowest BCUT2D eigenvalue weighted by molar-refractivity contribution is -0.128. The summed E-state index contributed by atoms with van der Waals surface area (Å²) in [6.07, 6.45) is -5.42. The van der Waals surface area contributed by atoms with Gasteiger partial charge in [0.25, 0.3) is 0 Å². The standard InChI is InChI=1S/C5H7F3N4/c1-12-4(9)10-3(11-12)2-5(6,7)8/h2H2,1H3,(H2,9,10,11). The molecule has 0 aromatic carbocycles. The number of alkyl halides is 3. The zero-order valence-electron chi connectivity index (χ0n) is 6.26. The van der Waals surface area contributed by atoms with Crippen LogP contribution >= 0.6 is 0 Å². The Kier molecular flexibility index (Phi) is 1.95. The molecule has 68 valence electrons. The molecule has 0 radical (unpaired) electrons. The van der Waals surface area contributed by atoms with Crippen LogP contribution in [-0.4, -0.2) is 20.9 Å². The van der Waals surface area contributed by atoms with E-state index in [1.54, 1.807) is 0 Å². The first-order valence-electron chi connectivity index (χ1n) is 3.10. The minimum Gasteiger partial charge on any atom is -0.368 e. The second kappa shape index (κ2) is 2.65. The Labute approximate surface area is 66.2 Å². The van der Waals surface area contributed by atoms with Crippen LogP contribution in [0.2, 0.25) is 0 Å². The molecule has 1 rings (SSSR count). The highest BCUT2D eigenvalue weighted by atomic mass is 19.4. The molecule has 1 heterocycles. The SMILES string of the molecule is Cn1nc(CC(F)(F)F)nc1N. The van der Waals surface area contributed by atoms with Gasteiger partial charge in [-0.2, -0.15) is 23.3 Å². The van der Waals surface area contributed by atoms with Crippen LogP contribution in [0.3, 0.4) is 0 Å². The molecule has 0 aliphatic heterocycles. The fourth-order valence-electron chi connectivity index (χ4n) is 0.705. The Morgan fingerprint density at radius 1 is 1.50 bits per heavy atom. The van der Waals surface area contributed by atoms with Crippen LogP contribution in [-0.2, 0) is 13.5 Å². The smallest absolute Gasteiger partial charge is 0.368 e. The van der Waals surface area contributed by atoms with Crippen LogP contribution in [0.15, 0.2) is 0 Å². The van der Waals surface area contributed by atoms with E-state index in [1.807, 2.05) is 0 Å². The molecule has 12 heavy (non-hydrogen) atoms. The maximum Gasteiger partial charge on any atom is 0.396 e. The number of nitrogens with zero attached hydrogens (tertiary/aromatic N) is 3. The summed E-state index contributed by atoms with van der Waals surface area (Å²) in [6.45, 7) is 0. The van der Waals surface area contributed by atoms with Crippen molar-refractivity contribution >= 4 is 5.95 Å². The largest absolute Gasteiger partial charge is 0.396 e. The Balaban J connectivity index is 2.77. The highest BCUT2D eigenvalue weighted by Crippen LogP contribution is 2.19. The minimum atomic E-state index is -4.28. The third kappa shape index (κ3) is 2.11. The lowest BCUT2D eigenvalue weighted by atomic mass is 10.4. The minimum absolute atomic E-state index is 0.0192. The maximum atomic E-state index is 11.8. The van der Waals surface area contributed by atoms with Gasteiger partial charge in [0, 0.05) is 7.05 Å². The van der Waals surface area contributed by atoms with Gasteiger partial charge in [-0.25, -0.2) is 4.68 Å². The molecule has 4 nitrogen and oxygen atoms in total. The van der Waals surface area contributed by atoms with Gasteiger partial charge < -0.3 is 5.73 Å². The first-order chi connectivity index (χ1) is 5.38. The van der Waals surface area contributed by atoms with E-state index in [4.69, 9.17) is 5.73 Å². The maximum absolute atomic E-state index is 11.8. The molecule has 2 N–H and O–H groups in total. The third-order valence-corrected chi connectivity index (χ3v) is 1.20. The number of rotatable bonds is 1. The van der Waals surface area contributed by atoms with Gasteiger partial charge in [0.05, 0.1) is 0 Å². The molecule has 0 amide bonds. The van der Waals surface area contributed by atoms with Gasteiger partial charge in [0.1, 0.15) is 6.42 Å². The van der Waals surface area contributed by atoms with Crippen molar-refractivity contribution in [1.29, 1.82) is 0 Å². The summed E-state index contributed by atoms with van der Waals surface area (Å²) in [5, 5.41) is 3.46. The van der Waals surface area contributed by atoms with Crippen molar-refractivity contribution in [3.63, 3.8) is 0 Å². The predicted octanol–water partition coefficient (Wildman–Crippen LogP) is 0.502. The predicted molar refractivity (Wildman–Crippen MR) is 35.2 cm³/mol. The molecule has 0 aliphatic carbocycles. The van der Waals surface area contributed by atoms with E-state index < -0.39 is 12.6 Å². The number of anilines is 1. The normalized spacial score (nSPS) is 12.0. The number of hydrogen-bond acceptors (Lipinski definition) is 3. The Morgan fingerprint density at radius 2 is 2.08 bits per heavy atom. The fraction of sp³-hybridized carbons (Fsp3) is 0.600. The molecule has 0 fully saturated rings. The van der Waals surface area contributed by atoms with Crippen LogP contribution in [0.25, 0.3) is 0 Å². The summed E-state index contributed by atoms with van der Waals surface area (Å²) in [6, 6.07) is 0. The van der Waals surface area contributed by atoms with Gasteiger partial charge in [0.2, 0.25) is 5.95 Å². The van der Waals surface area contributed by atoms with Gasteiger partial charge in [-0.15, -0.1) is 0 Å². The quantitative estimate of drug-likeness (QED) is 0.684. The Bertz CT molecular complexity index is 257. The summed E-state index contributed by atoms with van der Waals surface area (Å²) in [7, 11) is 1.43. The van der Waals surface area contributed by atoms with E-state index in [0.29, 0.717) is 0 Å². The zero-order chi connectivity index (χ0) is 9.35. The molecular formula is C5H7F3N4. The van der Waals surface area contributed by atoms with Crippen LogP contribution < -0.4 is 5.73 Å². The van der Waals surface area contributed by atoms with Crippen LogP contribution in [0.1, 0.15) is 5.82 Å². The molecule has 1 aromatic rings. The first kappa shape index (κ1) is 8.82. The van der Waals surface area contributed by atoms with Crippen molar-refractivity contribution in [2.45, 2.75) is 12.6 Å². The average Bonchev–Trinajstić information content (AvgIpc) is 2.07. The highest BCUT2D eigenvalue weighted by molar-refractivity contribution is 5.15. The fourth-order valence-corrected chi connectivity index (χ4v) is 0.705. The summed E-state index contributed by atoms with van der Waals surface area (Å²) in [5.41, 5.74) is 5.18. The lowest BCUT2D eigenvalue weighted by Crippen LogP contribution is -2.12. The van der Waals surface area contributed by atoms with Crippen molar-refractivity contribution in [3.8, 4) is 0 Å².